The first-order valence-corrected chi connectivity index (χ1v) is 6.15. The maximum atomic E-state index is 12.1. The second-order valence-electron chi connectivity index (χ2n) is 3.75. The van der Waals surface area contributed by atoms with Crippen molar-refractivity contribution in [1.82, 2.24) is 4.90 Å². The van der Waals surface area contributed by atoms with Crippen LogP contribution in [0, 0.1) is 6.07 Å². The molecule has 0 aromatic heterocycles. The predicted octanol–water partition coefficient (Wildman–Crippen LogP) is 2.51. The number of amides is 1. The van der Waals surface area contributed by atoms with E-state index in [2.05, 4.69) is 6.07 Å². The van der Waals surface area contributed by atoms with Crippen molar-refractivity contribution >= 4 is 5.91 Å². The highest BCUT2D eigenvalue weighted by atomic mass is 16.5. The van der Waals surface area contributed by atoms with E-state index in [1.807, 2.05) is 39.0 Å². The maximum Gasteiger partial charge on any atom is 0.263 e. The van der Waals surface area contributed by atoms with Crippen LogP contribution in [0.3, 0.4) is 0 Å². The molecule has 0 N–H and O–H groups in total. The summed E-state index contributed by atoms with van der Waals surface area (Å²) in [5.41, 5.74) is 0. The molecule has 1 aromatic carbocycles. The topological polar surface area (TPSA) is 29.5 Å². The third kappa shape index (κ3) is 3.77. The fourth-order valence-corrected chi connectivity index (χ4v) is 1.65. The van der Waals surface area contributed by atoms with Gasteiger partial charge in [0.05, 0.1) is 0 Å². The van der Waals surface area contributed by atoms with Gasteiger partial charge in [0.2, 0.25) is 0 Å². The van der Waals surface area contributed by atoms with Gasteiger partial charge >= 0.3 is 0 Å². The van der Waals surface area contributed by atoms with Crippen molar-refractivity contribution < 1.29 is 9.53 Å². The van der Waals surface area contributed by atoms with Crippen molar-refractivity contribution in [3.05, 3.63) is 30.3 Å². The van der Waals surface area contributed by atoms with Crippen molar-refractivity contribution in [2.75, 3.05) is 13.1 Å². The zero-order valence-corrected chi connectivity index (χ0v) is 10.8. The number of nitrogens with zero attached hydrogens (tertiary/aromatic N) is 1. The zero-order valence-electron chi connectivity index (χ0n) is 10.8. The van der Waals surface area contributed by atoms with Gasteiger partial charge in [-0.2, -0.15) is 0 Å². The minimum Gasteiger partial charge on any atom is -0.480 e. The number of ether oxygens (including phenoxy) is 1. The lowest BCUT2D eigenvalue weighted by molar-refractivity contribution is -0.138. The van der Waals surface area contributed by atoms with E-state index < -0.39 is 6.10 Å². The van der Waals surface area contributed by atoms with Crippen LogP contribution in [-0.4, -0.2) is 30.0 Å². The lowest BCUT2D eigenvalue weighted by Gasteiger charge is -2.24. The molecular weight excluding hydrogens is 214 g/mol. The molecule has 0 aliphatic carbocycles. The Kier molecular flexibility index (Phi) is 5.53. The van der Waals surface area contributed by atoms with E-state index in [0.29, 0.717) is 25.3 Å². The van der Waals surface area contributed by atoms with E-state index >= 15 is 0 Å². The molecule has 1 unspecified atom stereocenters. The number of para-hydroxylation sites is 1. The monoisotopic (exact) mass is 234 g/mol. The van der Waals surface area contributed by atoms with Gasteiger partial charge in [-0.05, 0) is 26.3 Å². The minimum atomic E-state index is -0.409. The number of likely N-dealkylation sites (N-methyl/N-ethyl adjacent to an activating group) is 1. The molecule has 0 bridgehead atoms. The van der Waals surface area contributed by atoms with Gasteiger partial charge in [-0.3, -0.25) is 4.79 Å². The van der Waals surface area contributed by atoms with Crippen LogP contribution in [0.2, 0.25) is 0 Å². The molecule has 3 heteroatoms. The third-order valence-corrected chi connectivity index (χ3v) is 2.67. The Labute approximate surface area is 103 Å². The summed E-state index contributed by atoms with van der Waals surface area (Å²) in [5, 5.41) is 0. The molecule has 1 aromatic rings. The van der Waals surface area contributed by atoms with E-state index in [0.717, 1.165) is 0 Å². The largest absolute Gasteiger partial charge is 0.480 e. The maximum absolute atomic E-state index is 12.1. The van der Waals surface area contributed by atoms with Gasteiger partial charge in [0, 0.05) is 19.2 Å². The molecule has 0 saturated heterocycles. The summed E-state index contributed by atoms with van der Waals surface area (Å²) in [6.07, 6.45) is 0.256. The molecule has 0 spiro atoms. The molecule has 0 saturated carbocycles. The fraction of sp³-hybridized carbons (Fsp3) is 0.500. The average Bonchev–Trinajstić information content (AvgIpc) is 2.38. The standard InChI is InChI=1S/C14H20NO2/c1-4-13(14(16)15(5-2)6-3)17-12-10-8-7-9-11-12/h7-10,13H,4-6H2,1-3H3. The molecule has 1 radical (unpaired) electrons. The highest BCUT2D eigenvalue weighted by molar-refractivity contribution is 5.81. The van der Waals surface area contributed by atoms with Crippen LogP contribution in [-0.2, 0) is 4.79 Å². The molecule has 1 amide bonds. The first kappa shape index (κ1) is 13.6. The van der Waals surface area contributed by atoms with Crippen molar-refractivity contribution in [3.8, 4) is 5.75 Å². The number of rotatable bonds is 6. The molecular formula is C14H20NO2. The van der Waals surface area contributed by atoms with E-state index in [-0.39, 0.29) is 5.91 Å². The molecule has 0 aliphatic heterocycles. The Morgan fingerprint density at radius 1 is 1.35 bits per heavy atom. The van der Waals surface area contributed by atoms with Crippen LogP contribution in [0.5, 0.6) is 5.75 Å². The molecule has 1 rings (SSSR count). The van der Waals surface area contributed by atoms with Crippen LogP contribution >= 0.6 is 0 Å². The summed E-state index contributed by atoms with van der Waals surface area (Å²) in [4.78, 5) is 13.9. The quantitative estimate of drug-likeness (QED) is 0.757. The number of carbonyl (C=O) groups is 1. The van der Waals surface area contributed by atoms with Gasteiger partial charge in [0.1, 0.15) is 5.75 Å². The molecule has 0 heterocycles. The lowest BCUT2D eigenvalue weighted by atomic mass is 10.2. The minimum absolute atomic E-state index is 0.0507. The van der Waals surface area contributed by atoms with Gasteiger partial charge in [-0.1, -0.05) is 25.1 Å². The first-order chi connectivity index (χ1) is 8.22. The Morgan fingerprint density at radius 2 is 2.06 bits per heavy atom. The molecule has 17 heavy (non-hydrogen) atoms. The van der Waals surface area contributed by atoms with Gasteiger partial charge in [-0.15, -0.1) is 0 Å². The van der Waals surface area contributed by atoms with Gasteiger partial charge in [0.15, 0.2) is 6.10 Å². The highest BCUT2D eigenvalue weighted by Gasteiger charge is 2.22. The van der Waals surface area contributed by atoms with Crippen molar-refractivity contribution in [1.29, 1.82) is 0 Å². The highest BCUT2D eigenvalue weighted by Crippen LogP contribution is 2.13. The fourth-order valence-electron chi connectivity index (χ4n) is 1.65. The van der Waals surface area contributed by atoms with Crippen LogP contribution in [0.25, 0.3) is 0 Å². The Hall–Kier alpha value is -1.51. The summed E-state index contributed by atoms with van der Waals surface area (Å²) in [7, 11) is 0. The van der Waals surface area contributed by atoms with E-state index in [9.17, 15) is 4.79 Å². The van der Waals surface area contributed by atoms with Crippen molar-refractivity contribution in [2.45, 2.75) is 33.3 Å². The van der Waals surface area contributed by atoms with E-state index in [1.54, 1.807) is 11.0 Å². The van der Waals surface area contributed by atoms with Gasteiger partial charge < -0.3 is 9.64 Å². The second kappa shape index (κ2) is 6.94. The number of carbonyl (C=O) groups excluding carboxylic acids is 1. The Morgan fingerprint density at radius 3 is 2.53 bits per heavy atom. The summed E-state index contributed by atoms with van der Waals surface area (Å²) >= 11 is 0. The summed E-state index contributed by atoms with van der Waals surface area (Å²) in [6, 6.07) is 10.3. The summed E-state index contributed by atoms with van der Waals surface area (Å²) in [6.45, 7) is 7.34. The van der Waals surface area contributed by atoms with Crippen LogP contribution in [0.1, 0.15) is 27.2 Å². The van der Waals surface area contributed by atoms with Crippen molar-refractivity contribution in [3.63, 3.8) is 0 Å². The normalized spacial score (nSPS) is 11.9. The summed E-state index contributed by atoms with van der Waals surface area (Å²) < 4.78 is 5.66. The number of hydrogen-bond donors (Lipinski definition) is 0. The Balaban J connectivity index is 2.68. The van der Waals surface area contributed by atoms with Crippen LogP contribution in [0.4, 0.5) is 0 Å². The van der Waals surface area contributed by atoms with Crippen molar-refractivity contribution in [2.24, 2.45) is 0 Å². The van der Waals surface area contributed by atoms with E-state index in [1.165, 1.54) is 0 Å². The first-order valence-electron chi connectivity index (χ1n) is 6.15. The van der Waals surface area contributed by atoms with Gasteiger partial charge in [0.25, 0.3) is 5.91 Å². The Bertz CT molecular complexity index is 333. The van der Waals surface area contributed by atoms with Gasteiger partial charge in [-0.25, -0.2) is 0 Å². The smallest absolute Gasteiger partial charge is 0.263 e. The predicted molar refractivity (Wildman–Crippen MR) is 67.9 cm³/mol. The molecule has 3 nitrogen and oxygen atoms in total. The molecule has 1 atom stereocenters. The lowest BCUT2D eigenvalue weighted by Crippen LogP contribution is -2.41. The summed E-state index contributed by atoms with van der Waals surface area (Å²) in [5.74, 6) is 0.676. The van der Waals surface area contributed by atoms with E-state index in [4.69, 9.17) is 4.74 Å². The molecule has 0 fully saturated rings. The SMILES string of the molecule is CCC(Oc1[c]cccc1)C(=O)N(CC)CC. The zero-order chi connectivity index (χ0) is 12.7. The second-order valence-corrected chi connectivity index (χ2v) is 3.75. The van der Waals surface area contributed by atoms with Crippen LogP contribution < -0.4 is 4.74 Å². The molecule has 0 aliphatic rings. The van der Waals surface area contributed by atoms with Crippen LogP contribution in [0.15, 0.2) is 24.3 Å². The molecule has 93 valence electrons. The third-order valence-electron chi connectivity index (χ3n) is 2.67. The average molecular weight is 234 g/mol. The number of hydrogen-bond acceptors (Lipinski definition) is 2. The number of benzene rings is 1.